The lowest BCUT2D eigenvalue weighted by atomic mass is 10.0. The van der Waals surface area contributed by atoms with E-state index in [1.165, 1.54) is 25.3 Å². The second-order valence-corrected chi connectivity index (χ2v) is 6.22. The molecule has 0 spiro atoms. The van der Waals surface area contributed by atoms with Crippen molar-refractivity contribution in [2.45, 2.75) is 22.6 Å². The summed E-state index contributed by atoms with van der Waals surface area (Å²) in [6, 6.07) is 10.7. The summed E-state index contributed by atoms with van der Waals surface area (Å²) in [4.78, 5) is 34.4. The molecule has 0 aliphatic rings. The summed E-state index contributed by atoms with van der Waals surface area (Å²) in [5.74, 6) is -2.25. The number of nitrogens with zero attached hydrogens (tertiary/aromatic N) is 1. The molecule has 0 aliphatic heterocycles. The number of hydrogen-bond acceptors (Lipinski definition) is 6. The second-order valence-electron chi connectivity index (χ2n) is 5.13. The van der Waals surface area contributed by atoms with E-state index < -0.39 is 22.8 Å². The number of hydrogen-bond donors (Lipinski definition) is 1. The van der Waals surface area contributed by atoms with Crippen molar-refractivity contribution in [3.8, 4) is 0 Å². The van der Waals surface area contributed by atoms with Gasteiger partial charge in [-0.15, -0.1) is 0 Å². The van der Waals surface area contributed by atoms with Gasteiger partial charge in [0, 0.05) is 11.0 Å². The third-order valence-electron chi connectivity index (χ3n) is 3.57. The minimum atomic E-state index is -1.11. The van der Waals surface area contributed by atoms with E-state index in [0.29, 0.717) is 15.4 Å². The number of carbonyl (C=O) groups is 2. The maximum absolute atomic E-state index is 11.6. The highest BCUT2D eigenvalue weighted by Crippen LogP contribution is 2.38. The maximum Gasteiger partial charge on any atom is 0.336 e. The molecule has 0 radical (unpaired) electrons. The fourth-order valence-corrected chi connectivity index (χ4v) is 3.22. The summed E-state index contributed by atoms with van der Waals surface area (Å²) < 4.78 is 4.66. The molecule has 0 amide bonds. The van der Waals surface area contributed by atoms with Gasteiger partial charge in [0.2, 0.25) is 0 Å². The molecule has 0 fully saturated rings. The molecule has 8 heteroatoms. The maximum atomic E-state index is 11.6. The molecule has 25 heavy (non-hydrogen) atoms. The third-order valence-corrected chi connectivity index (χ3v) is 4.71. The average Bonchev–Trinajstić information content (AvgIpc) is 2.60. The van der Waals surface area contributed by atoms with Crippen LogP contribution in [0.2, 0.25) is 0 Å². The van der Waals surface area contributed by atoms with Crippen molar-refractivity contribution in [2.75, 3.05) is 7.11 Å². The van der Waals surface area contributed by atoms with Crippen molar-refractivity contribution >= 4 is 29.4 Å². The molecule has 0 aromatic heterocycles. The van der Waals surface area contributed by atoms with Gasteiger partial charge in [-0.3, -0.25) is 14.9 Å². The highest BCUT2D eigenvalue weighted by atomic mass is 32.2. The van der Waals surface area contributed by atoms with Crippen molar-refractivity contribution in [2.24, 2.45) is 0 Å². The van der Waals surface area contributed by atoms with Crippen LogP contribution in [0.3, 0.4) is 0 Å². The first kappa shape index (κ1) is 18.5. The zero-order valence-electron chi connectivity index (χ0n) is 13.5. The van der Waals surface area contributed by atoms with Gasteiger partial charge in [-0.1, -0.05) is 30.0 Å². The molecule has 1 atom stereocenters. The molecular weight excluding hydrogens is 346 g/mol. The predicted molar refractivity (Wildman–Crippen MR) is 91.1 cm³/mol. The van der Waals surface area contributed by atoms with Gasteiger partial charge in [-0.25, -0.2) is 4.79 Å². The topological polar surface area (TPSA) is 107 Å². The Bertz CT molecular complexity index is 836. The third kappa shape index (κ3) is 4.16. The molecule has 2 rings (SSSR count). The standard InChI is InChI=1S/C17H15NO6S/c1-10(17(21)24-2)11-7-8-15(13(9-11)18(22)23)25-14-6-4-3-5-12(14)16(19)20/h3-10H,1-2H3,(H,19,20). The Balaban J connectivity index is 2.44. The number of carboxylic acids is 1. The quantitative estimate of drug-likeness (QED) is 0.474. The summed E-state index contributed by atoms with van der Waals surface area (Å²) in [6.07, 6.45) is 0. The Labute approximate surface area is 147 Å². The van der Waals surface area contributed by atoms with Gasteiger partial charge < -0.3 is 9.84 Å². The first-order valence-electron chi connectivity index (χ1n) is 7.21. The van der Waals surface area contributed by atoms with E-state index in [9.17, 15) is 24.8 Å². The van der Waals surface area contributed by atoms with Gasteiger partial charge in [0.25, 0.3) is 5.69 Å². The van der Waals surface area contributed by atoms with Crippen LogP contribution in [0.4, 0.5) is 5.69 Å². The zero-order chi connectivity index (χ0) is 18.6. The van der Waals surface area contributed by atoms with E-state index in [1.54, 1.807) is 31.2 Å². The van der Waals surface area contributed by atoms with Gasteiger partial charge in [0.1, 0.15) is 0 Å². The molecule has 2 aromatic rings. The Morgan fingerprint density at radius 2 is 1.88 bits per heavy atom. The summed E-state index contributed by atoms with van der Waals surface area (Å²) in [5, 5.41) is 20.6. The number of benzene rings is 2. The molecular formula is C17H15NO6S. The molecule has 0 aliphatic carbocycles. The van der Waals surface area contributed by atoms with Crippen LogP contribution in [0.5, 0.6) is 0 Å². The molecule has 7 nitrogen and oxygen atoms in total. The van der Waals surface area contributed by atoms with Crippen LogP contribution < -0.4 is 0 Å². The van der Waals surface area contributed by atoms with Gasteiger partial charge in [0.15, 0.2) is 0 Å². The summed E-state index contributed by atoms with van der Waals surface area (Å²) in [5.41, 5.74) is 0.321. The number of carbonyl (C=O) groups excluding carboxylic acids is 1. The largest absolute Gasteiger partial charge is 0.478 e. The van der Waals surface area contributed by atoms with Crippen LogP contribution in [-0.4, -0.2) is 29.1 Å². The van der Waals surface area contributed by atoms with E-state index >= 15 is 0 Å². The van der Waals surface area contributed by atoms with E-state index in [1.807, 2.05) is 0 Å². The fourth-order valence-electron chi connectivity index (χ4n) is 2.20. The Hall–Kier alpha value is -2.87. The predicted octanol–water partition coefficient (Wildman–Crippen LogP) is 3.72. The molecule has 130 valence electrons. The van der Waals surface area contributed by atoms with E-state index in [2.05, 4.69) is 4.74 Å². The Kier molecular flexibility index (Phi) is 5.76. The first-order chi connectivity index (χ1) is 11.8. The molecule has 0 saturated carbocycles. The van der Waals surface area contributed by atoms with Crippen LogP contribution in [0.1, 0.15) is 28.8 Å². The van der Waals surface area contributed by atoms with Crippen molar-refractivity contribution in [1.82, 2.24) is 0 Å². The number of ether oxygens (including phenoxy) is 1. The van der Waals surface area contributed by atoms with E-state index in [-0.39, 0.29) is 11.3 Å². The molecule has 0 saturated heterocycles. The number of aromatic carboxylic acids is 1. The molecule has 0 heterocycles. The number of rotatable bonds is 6. The van der Waals surface area contributed by atoms with Crippen LogP contribution in [0.15, 0.2) is 52.3 Å². The number of nitro groups is 1. The minimum absolute atomic E-state index is 0.0637. The molecule has 0 bridgehead atoms. The van der Waals surface area contributed by atoms with E-state index in [4.69, 9.17) is 0 Å². The molecule has 1 unspecified atom stereocenters. The van der Waals surface area contributed by atoms with Gasteiger partial charge in [-0.2, -0.15) is 0 Å². The van der Waals surface area contributed by atoms with Gasteiger partial charge >= 0.3 is 11.9 Å². The summed E-state index contributed by atoms with van der Waals surface area (Å²) in [6.45, 7) is 1.59. The fraction of sp³-hybridized carbons (Fsp3) is 0.176. The lowest BCUT2D eigenvalue weighted by Gasteiger charge is -2.11. The highest BCUT2D eigenvalue weighted by Gasteiger charge is 2.23. The number of carboxylic acid groups (broad SMARTS) is 1. The van der Waals surface area contributed by atoms with Gasteiger partial charge in [0.05, 0.1) is 28.4 Å². The van der Waals surface area contributed by atoms with Crippen LogP contribution in [0.25, 0.3) is 0 Å². The first-order valence-corrected chi connectivity index (χ1v) is 8.03. The smallest absolute Gasteiger partial charge is 0.336 e. The number of methoxy groups -OCH3 is 1. The monoisotopic (exact) mass is 361 g/mol. The number of esters is 1. The highest BCUT2D eigenvalue weighted by molar-refractivity contribution is 7.99. The Morgan fingerprint density at radius 3 is 2.48 bits per heavy atom. The SMILES string of the molecule is COC(=O)C(C)c1ccc(Sc2ccccc2C(=O)O)c([N+](=O)[O-])c1. The van der Waals surface area contributed by atoms with Crippen LogP contribution in [-0.2, 0) is 9.53 Å². The normalized spacial score (nSPS) is 11.6. The second kappa shape index (κ2) is 7.80. The van der Waals surface area contributed by atoms with E-state index in [0.717, 1.165) is 11.8 Å². The van der Waals surface area contributed by atoms with Crippen LogP contribution >= 0.6 is 11.8 Å². The van der Waals surface area contributed by atoms with Crippen molar-refractivity contribution in [1.29, 1.82) is 0 Å². The van der Waals surface area contributed by atoms with Crippen molar-refractivity contribution in [3.05, 3.63) is 63.7 Å². The van der Waals surface area contributed by atoms with Crippen molar-refractivity contribution < 1.29 is 24.4 Å². The number of nitro benzene ring substituents is 1. The Morgan fingerprint density at radius 1 is 1.20 bits per heavy atom. The van der Waals surface area contributed by atoms with Gasteiger partial charge in [-0.05, 0) is 30.7 Å². The molecule has 1 N–H and O–H groups in total. The van der Waals surface area contributed by atoms with Crippen molar-refractivity contribution in [3.63, 3.8) is 0 Å². The lowest BCUT2D eigenvalue weighted by Crippen LogP contribution is -2.11. The summed E-state index contributed by atoms with van der Waals surface area (Å²) >= 11 is 0.993. The molecule has 2 aromatic carbocycles. The zero-order valence-corrected chi connectivity index (χ0v) is 14.3. The lowest BCUT2D eigenvalue weighted by molar-refractivity contribution is -0.387. The van der Waals surface area contributed by atoms with Crippen LogP contribution in [0, 0.1) is 10.1 Å². The summed E-state index contributed by atoms with van der Waals surface area (Å²) in [7, 11) is 1.25. The minimum Gasteiger partial charge on any atom is -0.478 e. The average molecular weight is 361 g/mol.